The second-order valence-corrected chi connectivity index (χ2v) is 10.4. The minimum Gasteiger partial charge on any atom is -0.280 e. The molecular weight excluding hydrogens is 370 g/mol. The predicted octanol–water partition coefficient (Wildman–Crippen LogP) is 3.82. The second-order valence-electron chi connectivity index (χ2n) is 6.49. The van der Waals surface area contributed by atoms with Crippen LogP contribution in [0, 0.1) is 34.6 Å². The van der Waals surface area contributed by atoms with Gasteiger partial charge in [-0.05, 0) is 86.7 Å². The molecule has 0 saturated carbocycles. The number of rotatable bonds is 5. The van der Waals surface area contributed by atoms with E-state index in [9.17, 15) is 16.8 Å². The van der Waals surface area contributed by atoms with Crippen molar-refractivity contribution in [3.05, 3.63) is 52.1 Å². The molecule has 0 radical (unpaired) electrons. The number of benzene rings is 2. The zero-order chi connectivity index (χ0) is 19.9. The maximum Gasteiger partial charge on any atom is 0.262 e. The molecule has 142 valence electrons. The fourth-order valence-corrected chi connectivity index (χ4v) is 5.52. The average Bonchev–Trinajstić information content (AvgIpc) is 2.58. The molecule has 26 heavy (non-hydrogen) atoms. The number of sulfone groups is 1. The third-order valence-electron chi connectivity index (χ3n) is 5.05. The maximum atomic E-state index is 13.0. The minimum absolute atomic E-state index is 0.00160. The van der Waals surface area contributed by atoms with Crippen molar-refractivity contribution in [1.29, 1.82) is 0 Å². The van der Waals surface area contributed by atoms with E-state index in [1.165, 1.54) is 24.3 Å². The Hall–Kier alpha value is -1.86. The molecule has 5 nitrogen and oxygen atoms in total. The lowest BCUT2D eigenvalue weighted by Crippen LogP contribution is -2.17. The van der Waals surface area contributed by atoms with Crippen LogP contribution in [-0.4, -0.2) is 22.6 Å². The van der Waals surface area contributed by atoms with Crippen LogP contribution >= 0.6 is 0 Å². The van der Waals surface area contributed by atoms with Crippen LogP contribution in [0.1, 0.15) is 34.7 Å². The molecular formula is C19H25NO4S2. The minimum atomic E-state index is -3.79. The molecule has 0 bridgehead atoms. The van der Waals surface area contributed by atoms with E-state index in [-0.39, 0.29) is 15.5 Å². The molecule has 0 saturated heterocycles. The van der Waals surface area contributed by atoms with Crippen LogP contribution in [0.3, 0.4) is 0 Å². The Bertz CT molecular complexity index is 1020. The summed E-state index contributed by atoms with van der Waals surface area (Å²) in [7, 11) is -7.11. The van der Waals surface area contributed by atoms with Gasteiger partial charge < -0.3 is 0 Å². The topological polar surface area (TPSA) is 80.3 Å². The van der Waals surface area contributed by atoms with Crippen LogP contribution in [0.4, 0.5) is 5.69 Å². The van der Waals surface area contributed by atoms with Crippen LogP contribution in [0.25, 0.3) is 0 Å². The summed E-state index contributed by atoms with van der Waals surface area (Å²) >= 11 is 0. The molecule has 1 N–H and O–H groups in total. The first-order valence-corrected chi connectivity index (χ1v) is 11.5. The highest BCUT2D eigenvalue weighted by molar-refractivity contribution is 7.93. The summed E-state index contributed by atoms with van der Waals surface area (Å²) in [5.41, 5.74) is 4.78. The van der Waals surface area contributed by atoms with Crippen molar-refractivity contribution < 1.29 is 16.8 Å². The lowest BCUT2D eigenvalue weighted by Gasteiger charge is -2.19. The van der Waals surface area contributed by atoms with E-state index in [2.05, 4.69) is 4.72 Å². The van der Waals surface area contributed by atoms with Gasteiger partial charge in [0.2, 0.25) is 0 Å². The standard InChI is InChI=1S/C19H25NO4S2/c1-7-25(21,22)18-10-8-17(9-11-18)20-26(23,24)19-15(5)13(3)12(2)14(4)16(19)6/h8-11,20H,7H2,1-6H3. The highest BCUT2D eigenvalue weighted by Gasteiger charge is 2.24. The van der Waals surface area contributed by atoms with Gasteiger partial charge in [-0.1, -0.05) is 6.92 Å². The Morgan fingerprint density at radius 3 is 1.58 bits per heavy atom. The molecule has 0 atom stereocenters. The zero-order valence-electron chi connectivity index (χ0n) is 16.0. The van der Waals surface area contributed by atoms with E-state index in [1.54, 1.807) is 20.8 Å². The zero-order valence-corrected chi connectivity index (χ0v) is 17.6. The number of nitrogens with one attached hydrogen (secondary N) is 1. The average molecular weight is 396 g/mol. The fourth-order valence-electron chi connectivity index (χ4n) is 2.97. The summed E-state index contributed by atoms with van der Waals surface area (Å²) in [4.78, 5) is 0.459. The van der Waals surface area contributed by atoms with Crippen molar-refractivity contribution in [1.82, 2.24) is 0 Å². The number of anilines is 1. The fraction of sp³-hybridized carbons (Fsp3) is 0.368. The van der Waals surface area contributed by atoms with Gasteiger partial charge in [-0.2, -0.15) is 0 Å². The molecule has 2 rings (SSSR count). The first kappa shape index (κ1) is 20.5. The summed E-state index contributed by atoms with van der Waals surface area (Å²) < 4.78 is 52.3. The molecule has 0 unspecified atom stereocenters. The van der Waals surface area contributed by atoms with Gasteiger partial charge in [0.1, 0.15) is 0 Å². The largest absolute Gasteiger partial charge is 0.280 e. The first-order valence-electron chi connectivity index (χ1n) is 8.35. The quantitative estimate of drug-likeness (QED) is 0.834. The summed E-state index contributed by atoms with van der Waals surface area (Å²) in [6.45, 7) is 11.0. The third kappa shape index (κ3) is 3.64. The molecule has 0 fully saturated rings. The van der Waals surface area contributed by atoms with E-state index < -0.39 is 19.9 Å². The molecule has 0 amide bonds. The molecule has 0 aliphatic carbocycles. The van der Waals surface area contributed by atoms with E-state index in [1.807, 2.05) is 20.8 Å². The van der Waals surface area contributed by atoms with Gasteiger partial charge in [-0.3, -0.25) is 4.72 Å². The third-order valence-corrected chi connectivity index (χ3v) is 8.45. The second kappa shape index (κ2) is 7.04. The molecule has 2 aromatic carbocycles. The summed E-state index contributed by atoms with van der Waals surface area (Å²) in [5, 5.41) is 0. The molecule has 7 heteroatoms. The Balaban J connectivity index is 2.48. The first-order chi connectivity index (χ1) is 11.9. The summed E-state index contributed by atoms with van der Waals surface area (Å²) in [5.74, 6) is -0.00160. The van der Waals surface area contributed by atoms with Crippen LogP contribution in [0.15, 0.2) is 34.1 Å². The molecule has 2 aromatic rings. The highest BCUT2D eigenvalue weighted by atomic mass is 32.2. The molecule has 0 aliphatic rings. The van der Waals surface area contributed by atoms with Gasteiger partial charge in [-0.15, -0.1) is 0 Å². The molecule has 0 aromatic heterocycles. The van der Waals surface area contributed by atoms with E-state index in [0.717, 1.165) is 27.8 Å². The van der Waals surface area contributed by atoms with Crippen LogP contribution < -0.4 is 4.72 Å². The smallest absolute Gasteiger partial charge is 0.262 e. The van der Waals surface area contributed by atoms with Gasteiger partial charge in [0.05, 0.1) is 15.5 Å². The van der Waals surface area contributed by atoms with Crippen LogP contribution in [-0.2, 0) is 19.9 Å². The Morgan fingerprint density at radius 1 is 0.731 bits per heavy atom. The number of sulfonamides is 1. The molecule has 0 spiro atoms. The molecule has 0 aliphatic heterocycles. The Labute approximate surface area is 156 Å². The van der Waals surface area contributed by atoms with Gasteiger partial charge in [0, 0.05) is 5.69 Å². The van der Waals surface area contributed by atoms with Crippen LogP contribution in [0.5, 0.6) is 0 Å². The van der Waals surface area contributed by atoms with Crippen molar-refractivity contribution in [2.75, 3.05) is 10.5 Å². The lowest BCUT2D eigenvalue weighted by molar-refractivity contribution is 0.597. The van der Waals surface area contributed by atoms with Gasteiger partial charge >= 0.3 is 0 Å². The Morgan fingerprint density at radius 2 is 1.15 bits per heavy atom. The van der Waals surface area contributed by atoms with Gasteiger partial charge in [-0.25, -0.2) is 16.8 Å². The van der Waals surface area contributed by atoms with Crippen molar-refractivity contribution in [2.24, 2.45) is 0 Å². The molecule has 0 heterocycles. The highest BCUT2D eigenvalue weighted by Crippen LogP contribution is 2.31. The van der Waals surface area contributed by atoms with Crippen molar-refractivity contribution >= 4 is 25.5 Å². The lowest BCUT2D eigenvalue weighted by atomic mass is 9.95. The van der Waals surface area contributed by atoms with E-state index in [0.29, 0.717) is 5.69 Å². The van der Waals surface area contributed by atoms with Crippen molar-refractivity contribution in [2.45, 2.75) is 51.3 Å². The Kier molecular flexibility index (Phi) is 5.54. The van der Waals surface area contributed by atoms with Gasteiger partial charge in [0.25, 0.3) is 10.0 Å². The SMILES string of the molecule is CCS(=O)(=O)c1ccc(NS(=O)(=O)c2c(C)c(C)c(C)c(C)c2C)cc1. The van der Waals surface area contributed by atoms with E-state index in [4.69, 9.17) is 0 Å². The normalized spacial score (nSPS) is 12.2. The van der Waals surface area contributed by atoms with Crippen LogP contribution in [0.2, 0.25) is 0 Å². The van der Waals surface area contributed by atoms with E-state index >= 15 is 0 Å². The van der Waals surface area contributed by atoms with Crippen molar-refractivity contribution in [3.63, 3.8) is 0 Å². The summed E-state index contributed by atoms with van der Waals surface area (Å²) in [6.07, 6.45) is 0. The predicted molar refractivity (Wildman–Crippen MR) is 105 cm³/mol. The number of hydrogen-bond donors (Lipinski definition) is 1. The monoisotopic (exact) mass is 395 g/mol. The van der Waals surface area contributed by atoms with Crippen molar-refractivity contribution in [3.8, 4) is 0 Å². The maximum absolute atomic E-state index is 13.0. The summed E-state index contributed by atoms with van der Waals surface area (Å²) in [6, 6.07) is 5.78. The van der Waals surface area contributed by atoms with Gasteiger partial charge in [0.15, 0.2) is 9.84 Å². The number of hydrogen-bond acceptors (Lipinski definition) is 4.